The standard InChI is InChI=1S/C10H16N4O2/c1-7(6-14(2)3)11-10(16)8-4-5-9(15)13-12-8/h4-5,7H,6H2,1-3H3,(H,11,16)(H,13,15). The van der Waals surface area contributed by atoms with Crippen molar-refractivity contribution >= 4 is 5.91 Å². The fraction of sp³-hybridized carbons (Fsp3) is 0.500. The van der Waals surface area contributed by atoms with Crippen LogP contribution in [0.1, 0.15) is 17.4 Å². The Labute approximate surface area is 93.7 Å². The summed E-state index contributed by atoms with van der Waals surface area (Å²) in [5, 5.41) is 8.65. The number of aromatic nitrogens is 2. The van der Waals surface area contributed by atoms with Crippen molar-refractivity contribution in [3.05, 3.63) is 28.2 Å². The first-order chi connectivity index (χ1) is 7.49. The van der Waals surface area contributed by atoms with E-state index in [0.717, 1.165) is 6.54 Å². The second kappa shape index (κ2) is 5.41. The molecule has 0 fully saturated rings. The first-order valence-electron chi connectivity index (χ1n) is 5.00. The molecule has 2 N–H and O–H groups in total. The number of amides is 1. The molecule has 0 spiro atoms. The van der Waals surface area contributed by atoms with Crippen LogP contribution in [0.5, 0.6) is 0 Å². The summed E-state index contributed by atoms with van der Waals surface area (Å²) in [6.45, 7) is 2.65. The van der Waals surface area contributed by atoms with Crippen molar-refractivity contribution < 1.29 is 4.79 Å². The average molecular weight is 224 g/mol. The molecule has 0 aliphatic heterocycles. The predicted octanol–water partition coefficient (Wildman–Crippen LogP) is -0.550. The van der Waals surface area contributed by atoms with Gasteiger partial charge in [0.15, 0.2) is 0 Å². The molecule has 1 unspecified atom stereocenters. The molecular weight excluding hydrogens is 208 g/mol. The molecular formula is C10H16N4O2. The molecule has 16 heavy (non-hydrogen) atoms. The van der Waals surface area contributed by atoms with E-state index in [1.54, 1.807) is 0 Å². The molecule has 1 amide bonds. The second-order valence-corrected chi connectivity index (χ2v) is 3.94. The van der Waals surface area contributed by atoms with Gasteiger partial charge in [-0.1, -0.05) is 0 Å². The highest BCUT2D eigenvalue weighted by atomic mass is 16.2. The molecule has 1 rings (SSSR count). The topological polar surface area (TPSA) is 78.1 Å². The molecule has 0 radical (unpaired) electrons. The van der Waals surface area contributed by atoms with Crippen LogP contribution in [0.3, 0.4) is 0 Å². The van der Waals surface area contributed by atoms with Gasteiger partial charge in [0.25, 0.3) is 11.5 Å². The lowest BCUT2D eigenvalue weighted by molar-refractivity contribution is 0.0928. The first-order valence-corrected chi connectivity index (χ1v) is 5.00. The molecule has 0 aliphatic carbocycles. The molecule has 0 aliphatic rings. The zero-order chi connectivity index (χ0) is 12.1. The SMILES string of the molecule is CC(CN(C)C)NC(=O)c1ccc(=O)[nH]n1. The molecule has 6 nitrogen and oxygen atoms in total. The van der Waals surface area contributed by atoms with Crippen LogP contribution in [0.15, 0.2) is 16.9 Å². The van der Waals surface area contributed by atoms with Crippen LogP contribution < -0.4 is 10.9 Å². The van der Waals surface area contributed by atoms with Crippen LogP contribution in [-0.2, 0) is 0 Å². The Morgan fingerprint density at radius 3 is 2.75 bits per heavy atom. The summed E-state index contributed by atoms with van der Waals surface area (Å²) in [6.07, 6.45) is 0. The summed E-state index contributed by atoms with van der Waals surface area (Å²) in [6, 6.07) is 2.70. The number of carbonyl (C=O) groups excluding carboxylic acids is 1. The number of aromatic amines is 1. The van der Waals surface area contributed by atoms with E-state index in [-0.39, 0.29) is 23.2 Å². The molecule has 1 aromatic rings. The molecule has 0 aromatic carbocycles. The van der Waals surface area contributed by atoms with E-state index in [0.29, 0.717) is 0 Å². The number of rotatable bonds is 4. The van der Waals surface area contributed by atoms with Gasteiger partial charge in [-0.3, -0.25) is 9.59 Å². The highest BCUT2D eigenvalue weighted by molar-refractivity contribution is 5.92. The van der Waals surface area contributed by atoms with Crippen molar-refractivity contribution in [2.75, 3.05) is 20.6 Å². The highest BCUT2D eigenvalue weighted by Crippen LogP contribution is 1.92. The minimum absolute atomic E-state index is 0.0243. The van der Waals surface area contributed by atoms with E-state index < -0.39 is 0 Å². The fourth-order valence-corrected chi connectivity index (χ4v) is 1.36. The molecule has 0 bridgehead atoms. The van der Waals surface area contributed by atoms with Gasteiger partial charge < -0.3 is 10.2 Å². The Morgan fingerprint density at radius 1 is 1.56 bits per heavy atom. The molecule has 0 saturated heterocycles. The number of carbonyl (C=O) groups is 1. The van der Waals surface area contributed by atoms with Crippen molar-refractivity contribution in [2.24, 2.45) is 0 Å². The Morgan fingerprint density at radius 2 is 2.25 bits per heavy atom. The van der Waals surface area contributed by atoms with E-state index in [1.807, 2.05) is 25.9 Å². The molecule has 88 valence electrons. The minimum atomic E-state index is -0.321. The van der Waals surface area contributed by atoms with Gasteiger partial charge in [-0.25, -0.2) is 5.10 Å². The fourth-order valence-electron chi connectivity index (χ4n) is 1.36. The number of nitrogens with one attached hydrogen (secondary N) is 2. The van der Waals surface area contributed by atoms with Gasteiger partial charge in [-0.05, 0) is 27.1 Å². The third-order valence-electron chi connectivity index (χ3n) is 1.93. The predicted molar refractivity (Wildman–Crippen MR) is 60.3 cm³/mol. The maximum absolute atomic E-state index is 11.6. The second-order valence-electron chi connectivity index (χ2n) is 3.94. The van der Waals surface area contributed by atoms with Gasteiger partial charge >= 0.3 is 0 Å². The monoisotopic (exact) mass is 224 g/mol. The Kier molecular flexibility index (Phi) is 4.19. The first kappa shape index (κ1) is 12.4. The number of H-pyrrole nitrogens is 1. The quantitative estimate of drug-likeness (QED) is 0.719. The van der Waals surface area contributed by atoms with E-state index in [1.165, 1.54) is 12.1 Å². The summed E-state index contributed by atoms with van der Waals surface area (Å²) < 4.78 is 0. The maximum Gasteiger partial charge on any atom is 0.271 e. The van der Waals surface area contributed by atoms with Gasteiger partial charge in [0, 0.05) is 18.7 Å². The van der Waals surface area contributed by atoms with Crippen molar-refractivity contribution in [3.63, 3.8) is 0 Å². The smallest absolute Gasteiger partial charge is 0.271 e. The summed E-state index contributed by atoms with van der Waals surface area (Å²) in [7, 11) is 3.86. The van der Waals surface area contributed by atoms with Crippen LogP contribution in [-0.4, -0.2) is 47.7 Å². The van der Waals surface area contributed by atoms with Gasteiger partial charge in [0.1, 0.15) is 5.69 Å². The molecule has 6 heteroatoms. The van der Waals surface area contributed by atoms with Crippen molar-refractivity contribution in [1.29, 1.82) is 0 Å². The summed E-state index contributed by atoms with van der Waals surface area (Å²) in [5.74, 6) is -0.286. The Balaban J connectivity index is 2.58. The largest absolute Gasteiger partial charge is 0.347 e. The zero-order valence-corrected chi connectivity index (χ0v) is 9.65. The molecule has 1 heterocycles. The lowest BCUT2D eigenvalue weighted by atomic mass is 10.3. The third kappa shape index (κ3) is 3.82. The molecule has 0 saturated carbocycles. The van der Waals surface area contributed by atoms with Crippen LogP contribution in [0.4, 0.5) is 0 Å². The minimum Gasteiger partial charge on any atom is -0.347 e. The third-order valence-corrected chi connectivity index (χ3v) is 1.93. The van der Waals surface area contributed by atoms with E-state index in [4.69, 9.17) is 0 Å². The number of hydrogen-bond acceptors (Lipinski definition) is 4. The zero-order valence-electron chi connectivity index (χ0n) is 9.65. The average Bonchev–Trinajstić information content (AvgIpc) is 2.16. The van der Waals surface area contributed by atoms with Crippen molar-refractivity contribution in [3.8, 4) is 0 Å². The van der Waals surface area contributed by atoms with Crippen LogP contribution >= 0.6 is 0 Å². The Bertz CT molecular complexity index is 393. The number of nitrogens with zero attached hydrogens (tertiary/aromatic N) is 2. The summed E-state index contributed by atoms with van der Waals surface area (Å²) in [5.41, 5.74) is -0.108. The van der Waals surface area contributed by atoms with E-state index in [2.05, 4.69) is 15.5 Å². The summed E-state index contributed by atoms with van der Waals surface area (Å²) >= 11 is 0. The van der Waals surface area contributed by atoms with E-state index in [9.17, 15) is 9.59 Å². The van der Waals surface area contributed by atoms with Crippen LogP contribution in [0.25, 0.3) is 0 Å². The normalized spacial score (nSPS) is 12.5. The van der Waals surface area contributed by atoms with Crippen molar-refractivity contribution in [2.45, 2.75) is 13.0 Å². The molecule has 1 atom stereocenters. The molecule has 1 aromatic heterocycles. The van der Waals surface area contributed by atoms with Gasteiger partial charge in [-0.15, -0.1) is 0 Å². The highest BCUT2D eigenvalue weighted by Gasteiger charge is 2.11. The maximum atomic E-state index is 11.6. The van der Waals surface area contributed by atoms with Gasteiger partial charge in [-0.2, -0.15) is 5.10 Å². The number of hydrogen-bond donors (Lipinski definition) is 2. The lowest BCUT2D eigenvalue weighted by Crippen LogP contribution is -2.40. The Hall–Kier alpha value is -1.69. The van der Waals surface area contributed by atoms with Crippen molar-refractivity contribution in [1.82, 2.24) is 20.4 Å². The van der Waals surface area contributed by atoms with E-state index >= 15 is 0 Å². The van der Waals surface area contributed by atoms with Gasteiger partial charge in [0.05, 0.1) is 0 Å². The van der Waals surface area contributed by atoms with Crippen LogP contribution in [0.2, 0.25) is 0 Å². The van der Waals surface area contributed by atoms with Crippen LogP contribution in [0, 0.1) is 0 Å². The number of likely N-dealkylation sites (N-methyl/N-ethyl adjacent to an activating group) is 1. The van der Waals surface area contributed by atoms with Gasteiger partial charge in [0.2, 0.25) is 0 Å². The summed E-state index contributed by atoms with van der Waals surface area (Å²) in [4.78, 5) is 24.4. The lowest BCUT2D eigenvalue weighted by Gasteiger charge is -2.17.